The molecule has 0 atom stereocenters. The minimum Gasteiger partial charge on any atom is -0.300 e. The van der Waals surface area contributed by atoms with E-state index < -0.39 is 0 Å². The van der Waals surface area contributed by atoms with Crippen LogP contribution in [0.25, 0.3) is 0 Å². The summed E-state index contributed by atoms with van der Waals surface area (Å²) < 4.78 is 1.03. The number of rotatable bonds is 0. The molecule has 0 amide bonds. The molecule has 0 saturated carbocycles. The first-order chi connectivity index (χ1) is 2.89. The van der Waals surface area contributed by atoms with Crippen LogP contribution in [-0.4, -0.2) is 6.54 Å². The molecule has 2 radical (unpaired) electrons. The van der Waals surface area contributed by atoms with E-state index in [4.69, 9.17) is 0 Å². The Hall–Kier alpha value is 0.180. The minimum absolute atomic E-state index is 0.917. The second kappa shape index (κ2) is 1.76. The summed E-state index contributed by atoms with van der Waals surface area (Å²) in [6, 6.07) is 0. The average molecular weight is 146 g/mol. The van der Waals surface area contributed by atoms with Crippen molar-refractivity contribution >= 4 is 15.9 Å². The van der Waals surface area contributed by atoms with E-state index in [9.17, 15) is 0 Å². The van der Waals surface area contributed by atoms with E-state index in [1.54, 1.807) is 0 Å². The van der Waals surface area contributed by atoms with E-state index in [0.717, 1.165) is 11.0 Å². The van der Waals surface area contributed by atoms with E-state index in [2.05, 4.69) is 27.8 Å². The maximum atomic E-state index is 3.23. The minimum atomic E-state index is 0.917. The van der Waals surface area contributed by atoms with Gasteiger partial charge >= 0.3 is 0 Å². The van der Waals surface area contributed by atoms with Crippen molar-refractivity contribution in [3.8, 4) is 0 Å². The molecular weight excluding hydrogens is 142 g/mol. The maximum absolute atomic E-state index is 3.23. The van der Waals surface area contributed by atoms with Gasteiger partial charge in [-0.1, -0.05) is 22.0 Å². The zero-order valence-electron chi connectivity index (χ0n) is 3.16. The zero-order chi connectivity index (χ0) is 4.41. The third kappa shape index (κ3) is 0.820. The van der Waals surface area contributed by atoms with Gasteiger partial charge in [0.1, 0.15) is 6.54 Å². The van der Waals surface area contributed by atoms with Crippen LogP contribution in [0.2, 0.25) is 0 Å². The molecule has 0 aromatic heterocycles. The maximum Gasteiger partial charge on any atom is 0.101 e. The van der Waals surface area contributed by atoms with Crippen LogP contribution < -0.4 is 5.32 Å². The van der Waals surface area contributed by atoms with Crippen LogP contribution in [0.15, 0.2) is 10.6 Å². The highest BCUT2D eigenvalue weighted by molar-refractivity contribution is 9.11. The molecule has 6 heavy (non-hydrogen) atoms. The molecule has 32 valence electrons. The molecule has 1 rings (SSSR count). The average Bonchev–Trinajstić information content (AvgIpc) is 1.86. The van der Waals surface area contributed by atoms with Crippen LogP contribution in [-0.2, 0) is 0 Å². The normalized spacial score (nSPS) is 21.2. The predicted octanol–water partition coefficient (Wildman–Crippen LogP) is 0.907. The summed E-state index contributed by atoms with van der Waals surface area (Å²) in [5, 5.41) is 2.88. The monoisotopic (exact) mass is 145 g/mol. The summed E-state index contributed by atoms with van der Waals surface area (Å²) in [4.78, 5) is 0. The van der Waals surface area contributed by atoms with Gasteiger partial charge in [-0.05, 0) is 0 Å². The van der Waals surface area contributed by atoms with Gasteiger partial charge in [0.2, 0.25) is 0 Å². The van der Waals surface area contributed by atoms with E-state index >= 15 is 0 Å². The highest BCUT2D eigenvalue weighted by Gasteiger charge is 1.97. The standard InChI is InChI=1S/C4H4BrN/c5-4-1-2-6-3-4/h1,6H,2H2. The fraction of sp³-hybridized carbons (Fsp3) is 0.250. The van der Waals surface area contributed by atoms with Crippen LogP contribution in [0.4, 0.5) is 0 Å². The number of hydrogen-bond donors (Lipinski definition) is 1. The second-order valence-electron chi connectivity index (χ2n) is 1.06. The molecule has 1 N–H and O–H groups in total. The van der Waals surface area contributed by atoms with Gasteiger partial charge in [-0.15, -0.1) is 0 Å². The molecule has 0 aliphatic carbocycles. The van der Waals surface area contributed by atoms with Crippen molar-refractivity contribution in [3.05, 3.63) is 17.1 Å². The Bertz CT molecular complexity index is 77.6. The first-order valence-corrected chi connectivity index (χ1v) is 2.53. The molecule has 0 aromatic carbocycles. The van der Waals surface area contributed by atoms with Crippen molar-refractivity contribution in [1.29, 1.82) is 0 Å². The third-order valence-electron chi connectivity index (χ3n) is 0.591. The molecule has 0 bridgehead atoms. The summed E-state index contributed by atoms with van der Waals surface area (Å²) in [6.45, 7) is 3.76. The molecule has 0 fully saturated rings. The molecule has 0 unspecified atom stereocenters. The number of nitrogens with one attached hydrogen (secondary N) is 1. The van der Waals surface area contributed by atoms with Crippen LogP contribution in [0.3, 0.4) is 0 Å². The Morgan fingerprint density at radius 1 is 2.00 bits per heavy atom. The lowest BCUT2D eigenvalue weighted by Crippen LogP contribution is -2.00. The molecule has 1 heterocycles. The van der Waals surface area contributed by atoms with Gasteiger partial charge < -0.3 is 0 Å². The highest BCUT2D eigenvalue weighted by Crippen LogP contribution is 2.09. The quantitative estimate of drug-likeness (QED) is 0.535. The van der Waals surface area contributed by atoms with E-state index in [0.29, 0.717) is 0 Å². The molecule has 1 nitrogen and oxygen atoms in total. The van der Waals surface area contributed by atoms with Gasteiger partial charge in [0, 0.05) is 11.0 Å². The molecule has 0 spiro atoms. The van der Waals surface area contributed by atoms with E-state index in [1.807, 2.05) is 6.08 Å². The Kier molecular flexibility index (Phi) is 1.27. The van der Waals surface area contributed by atoms with Crippen LogP contribution >= 0.6 is 15.9 Å². The van der Waals surface area contributed by atoms with Gasteiger partial charge in [0.15, 0.2) is 0 Å². The van der Waals surface area contributed by atoms with Crippen molar-refractivity contribution < 1.29 is 0 Å². The van der Waals surface area contributed by atoms with Crippen molar-refractivity contribution in [3.63, 3.8) is 0 Å². The Labute approximate surface area is 45.6 Å². The lowest BCUT2D eigenvalue weighted by Gasteiger charge is -1.79. The Balaban J connectivity index is 2.45. The summed E-state index contributed by atoms with van der Waals surface area (Å²) in [7, 11) is 0. The largest absolute Gasteiger partial charge is 0.300 e. The fourth-order valence-electron chi connectivity index (χ4n) is 0.327. The van der Waals surface area contributed by atoms with Crippen molar-refractivity contribution in [1.82, 2.24) is 5.32 Å². The lowest BCUT2D eigenvalue weighted by atomic mass is 10.6. The Morgan fingerprint density at radius 3 is 3.00 bits per heavy atom. The summed E-state index contributed by atoms with van der Waals surface area (Å²) in [6.07, 6.45) is 2.01. The van der Waals surface area contributed by atoms with Crippen LogP contribution in [0.5, 0.6) is 0 Å². The van der Waals surface area contributed by atoms with Crippen molar-refractivity contribution in [2.24, 2.45) is 0 Å². The molecule has 0 aromatic rings. The van der Waals surface area contributed by atoms with Crippen molar-refractivity contribution in [2.45, 2.75) is 0 Å². The van der Waals surface area contributed by atoms with Gasteiger partial charge in [0.25, 0.3) is 0 Å². The van der Waals surface area contributed by atoms with Gasteiger partial charge in [-0.2, -0.15) is 0 Å². The lowest BCUT2D eigenvalue weighted by molar-refractivity contribution is 0.976. The SMILES string of the molecule is BrC1=CCN[C]1. The number of hydrogen-bond acceptors (Lipinski definition) is 1. The number of halogens is 1. The molecule has 0 saturated heterocycles. The summed E-state index contributed by atoms with van der Waals surface area (Å²) >= 11 is 3.23. The van der Waals surface area contributed by atoms with Crippen molar-refractivity contribution in [2.75, 3.05) is 6.54 Å². The first kappa shape index (κ1) is 4.34. The van der Waals surface area contributed by atoms with E-state index in [-0.39, 0.29) is 0 Å². The van der Waals surface area contributed by atoms with Crippen LogP contribution in [0, 0.1) is 6.54 Å². The van der Waals surface area contributed by atoms with Gasteiger partial charge in [-0.25, -0.2) is 0 Å². The molecular formula is C4H4BrN. The Morgan fingerprint density at radius 2 is 2.83 bits per heavy atom. The van der Waals surface area contributed by atoms with Crippen LogP contribution in [0.1, 0.15) is 0 Å². The smallest absolute Gasteiger partial charge is 0.101 e. The predicted molar refractivity (Wildman–Crippen MR) is 28.3 cm³/mol. The summed E-state index contributed by atoms with van der Waals surface area (Å²) in [5.74, 6) is 0. The zero-order valence-corrected chi connectivity index (χ0v) is 4.75. The second-order valence-corrected chi connectivity index (χ2v) is 1.91. The van der Waals surface area contributed by atoms with E-state index in [1.165, 1.54) is 0 Å². The topological polar surface area (TPSA) is 12.0 Å². The molecule has 1 aliphatic rings. The molecule has 2 heteroatoms. The molecule has 1 aliphatic heterocycles. The first-order valence-electron chi connectivity index (χ1n) is 1.74. The van der Waals surface area contributed by atoms with Gasteiger partial charge in [0.05, 0.1) is 0 Å². The van der Waals surface area contributed by atoms with Gasteiger partial charge in [-0.3, -0.25) is 5.32 Å². The third-order valence-corrected chi connectivity index (χ3v) is 1.11. The summed E-state index contributed by atoms with van der Waals surface area (Å²) in [5.41, 5.74) is 0. The fourth-order valence-corrected chi connectivity index (χ4v) is 0.629. The highest BCUT2D eigenvalue weighted by atomic mass is 79.9.